The first-order valence-corrected chi connectivity index (χ1v) is 12.0. The second-order valence-corrected chi connectivity index (χ2v) is 9.78. The number of hydrogen-bond acceptors (Lipinski definition) is 4. The molecule has 1 aromatic rings. The van der Waals surface area contributed by atoms with Crippen molar-refractivity contribution in [1.82, 2.24) is 14.9 Å². The van der Waals surface area contributed by atoms with Crippen molar-refractivity contribution in [2.45, 2.75) is 31.7 Å². The number of piperidine rings is 2. The number of nitrogens with zero attached hydrogens (tertiary/aromatic N) is 3. The number of para-hydroxylation sites is 1. The van der Waals surface area contributed by atoms with Gasteiger partial charge in [0.1, 0.15) is 0 Å². The second kappa shape index (κ2) is 11.4. The average molecular weight is 535 g/mol. The summed E-state index contributed by atoms with van der Waals surface area (Å²) in [6.45, 7) is 4.16. The molecule has 0 atom stereocenters. The molecule has 0 saturated carbocycles. The number of aliphatic imine (C=N–C) groups is 1. The fourth-order valence-corrected chi connectivity index (χ4v) is 4.87. The lowest BCUT2D eigenvalue weighted by molar-refractivity contribution is 0.274. The fraction of sp³-hybridized carbons (Fsp3) is 0.650. The largest absolute Gasteiger partial charge is 0.371 e. The fourth-order valence-electron chi connectivity index (χ4n) is 3.99. The highest BCUT2D eigenvalue weighted by Gasteiger charge is 2.25. The van der Waals surface area contributed by atoms with E-state index in [0.717, 1.165) is 51.3 Å². The lowest BCUT2D eigenvalue weighted by Gasteiger charge is -2.35. The molecule has 0 amide bonds. The van der Waals surface area contributed by atoms with Crippen LogP contribution in [0.4, 0.5) is 5.69 Å². The number of hydrogen-bond donors (Lipinski definition) is 2. The van der Waals surface area contributed by atoms with Crippen LogP contribution in [0.25, 0.3) is 0 Å². The third-order valence-electron chi connectivity index (χ3n) is 5.78. The minimum atomic E-state index is -3.06. The van der Waals surface area contributed by atoms with Crippen molar-refractivity contribution in [1.29, 1.82) is 0 Å². The first-order chi connectivity index (χ1) is 13.5. The molecule has 0 aliphatic carbocycles. The second-order valence-electron chi connectivity index (χ2n) is 7.80. The van der Waals surface area contributed by atoms with Crippen LogP contribution in [-0.4, -0.2) is 70.8 Å². The first kappa shape index (κ1) is 24.2. The minimum Gasteiger partial charge on any atom is -0.371 e. The molecule has 2 aliphatic rings. The van der Waals surface area contributed by atoms with Gasteiger partial charge in [-0.1, -0.05) is 18.2 Å². The van der Waals surface area contributed by atoms with Crippen LogP contribution in [0.5, 0.6) is 0 Å². The van der Waals surface area contributed by atoms with Crippen molar-refractivity contribution < 1.29 is 8.42 Å². The van der Waals surface area contributed by atoms with Gasteiger partial charge in [-0.2, -0.15) is 0 Å². The van der Waals surface area contributed by atoms with Crippen LogP contribution in [-0.2, 0) is 10.0 Å². The van der Waals surface area contributed by atoms with Gasteiger partial charge in [-0.25, -0.2) is 12.7 Å². The summed E-state index contributed by atoms with van der Waals surface area (Å²) in [7, 11) is -1.25. The summed E-state index contributed by atoms with van der Waals surface area (Å²) in [5, 5.41) is 7.00. The number of guanidine groups is 1. The zero-order valence-corrected chi connectivity index (χ0v) is 20.5. The Morgan fingerprint density at radius 3 is 2.24 bits per heavy atom. The van der Waals surface area contributed by atoms with Gasteiger partial charge in [0.05, 0.1) is 6.26 Å². The van der Waals surface area contributed by atoms with Crippen LogP contribution in [0, 0.1) is 5.92 Å². The van der Waals surface area contributed by atoms with Crippen molar-refractivity contribution in [3.05, 3.63) is 30.3 Å². The van der Waals surface area contributed by atoms with Crippen molar-refractivity contribution in [2.75, 3.05) is 50.9 Å². The van der Waals surface area contributed by atoms with Crippen molar-refractivity contribution in [3.63, 3.8) is 0 Å². The Hall–Kier alpha value is -1.07. The molecule has 7 nitrogen and oxygen atoms in total. The maximum absolute atomic E-state index is 11.6. The third kappa shape index (κ3) is 7.29. The highest BCUT2D eigenvalue weighted by Crippen LogP contribution is 2.20. The summed E-state index contributed by atoms with van der Waals surface area (Å²) in [5.41, 5.74) is 1.30. The quantitative estimate of drug-likeness (QED) is 0.343. The molecule has 164 valence electrons. The van der Waals surface area contributed by atoms with E-state index in [9.17, 15) is 8.42 Å². The van der Waals surface area contributed by atoms with E-state index in [4.69, 9.17) is 0 Å². The van der Waals surface area contributed by atoms with E-state index in [2.05, 4.69) is 50.9 Å². The molecular weight excluding hydrogens is 501 g/mol. The number of benzene rings is 1. The average Bonchev–Trinajstić information content (AvgIpc) is 2.72. The molecule has 0 unspecified atom stereocenters. The molecule has 0 radical (unpaired) electrons. The SMILES string of the molecule is CN=C(NCC1CCN(S(C)(=O)=O)CC1)NC1CCN(c2ccccc2)CC1.I. The van der Waals surface area contributed by atoms with Crippen molar-refractivity contribution in [3.8, 4) is 0 Å². The number of nitrogens with one attached hydrogen (secondary N) is 2. The Balaban J connectivity index is 0.00000300. The number of sulfonamides is 1. The van der Waals surface area contributed by atoms with E-state index in [-0.39, 0.29) is 24.0 Å². The molecule has 3 rings (SSSR count). The molecular formula is C20H34IN5O2S. The predicted molar refractivity (Wildman–Crippen MR) is 131 cm³/mol. The topological polar surface area (TPSA) is 77.0 Å². The Labute approximate surface area is 192 Å². The van der Waals surface area contributed by atoms with E-state index in [1.54, 1.807) is 11.4 Å². The van der Waals surface area contributed by atoms with Gasteiger partial charge in [-0.15, -0.1) is 24.0 Å². The molecule has 0 bridgehead atoms. The van der Waals surface area contributed by atoms with Crippen molar-refractivity contribution in [2.24, 2.45) is 10.9 Å². The van der Waals surface area contributed by atoms with Crippen LogP contribution in [0.1, 0.15) is 25.7 Å². The van der Waals surface area contributed by atoms with Crippen LogP contribution < -0.4 is 15.5 Å². The van der Waals surface area contributed by atoms with Gasteiger partial charge in [0.25, 0.3) is 0 Å². The number of anilines is 1. The summed E-state index contributed by atoms with van der Waals surface area (Å²) in [6, 6.07) is 11.0. The molecule has 1 aromatic carbocycles. The van der Waals surface area contributed by atoms with E-state index < -0.39 is 10.0 Å². The molecule has 2 aliphatic heterocycles. The monoisotopic (exact) mass is 535 g/mol. The molecule has 0 aromatic heterocycles. The number of halogens is 1. The lowest BCUT2D eigenvalue weighted by atomic mass is 9.98. The van der Waals surface area contributed by atoms with Gasteiger partial charge in [-0.05, 0) is 43.7 Å². The van der Waals surface area contributed by atoms with Gasteiger partial charge in [0.2, 0.25) is 10.0 Å². The van der Waals surface area contributed by atoms with Crippen LogP contribution in [0.15, 0.2) is 35.3 Å². The zero-order chi connectivity index (χ0) is 20.0. The number of rotatable bonds is 5. The summed E-state index contributed by atoms with van der Waals surface area (Å²) < 4.78 is 24.8. The summed E-state index contributed by atoms with van der Waals surface area (Å²) in [4.78, 5) is 6.81. The van der Waals surface area contributed by atoms with Gasteiger partial charge in [0.15, 0.2) is 5.96 Å². The van der Waals surface area contributed by atoms with Crippen LogP contribution in [0.2, 0.25) is 0 Å². The smallest absolute Gasteiger partial charge is 0.211 e. The molecule has 2 fully saturated rings. The Morgan fingerprint density at radius 2 is 1.69 bits per heavy atom. The summed E-state index contributed by atoms with van der Waals surface area (Å²) in [6.07, 6.45) is 5.25. The zero-order valence-electron chi connectivity index (χ0n) is 17.4. The molecule has 9 heteroatoms. The van der Waals surface area contributed by atoms with E-state index >= 15 is 0 Å². The highest BCUT2D eigenvalue weighted by atomic mass is 127. The maximum Gasteiger partial charge on any atom is 0.211 e. The minimum absolute atomic E-state index is 0. The van der Waals surface area contributed by atoms with Gasteiger partial charge >= 0.3 is 0 Å². The van der Waals surface area contributed by atoms with E-state index in [1.807, 2.05) is 0 Å². The van der Waals surface area contributed by atoms with Gasteiger partial charge in [-0.3, -0.25) is 4.99 Å². The van der Waals surface area contributed by atoms with Gasteiger partial charge in [0, 0.05) is 51.5 Å². The molecule has 2 saturated heterocycles. The standard InChI is InChI=1S/C20H33N5O2S.HI/c1-21-20(22-16-17-8-14-25(15-9-17)28(2,26)27)23-18-10-12-24(13-11-18)19-6-4-3-5-7-19;/h3-7,17-18H,8-16H2,1-2H3,(H2,21,22,23);1H. The van der Waals surface area contributed by atoms with Crippen molar-refractivity contribution >= 4 is 45.6 Å². The highest BCUT2D eigenvalue weighted by molar-refractivity contribution is 14.0. The van der Waals surface area contributed by atoms with E-state index in [1.165, 1.54) is 11.9 Å². The maximum atomic E-state index is 11.6. The lowest BCUT2D eigenvalue weighted by Crippen LogP contribution is -2.50. The molecule has 2 N–H and O–H groups in total. The third-order valence-corrected chi connectivity index (χ3v) is 7.08. The van der Waals surface area contributed by atoms with E-state index in [0.29, 0.717) is 25.0 Å². The Bertz CT molecular complexity index is 743. The Kier molecular flexibility index (Phi) is 9.48. The molecule has 29 heavy (non-hydrogen) atoms. The predicted octanol–water partition coefficient (Wildman–Crippen LogP) is 2.11. The first-order valence-electron chi connectivity index (χ1n) is 10.2. The van der Waals surface area contributed by atoms with Crippen LogP contribution in [0.3, 0.4) is 0 Å². The molecule has 0 spiro atoms. The Morgan fingerprint density at radius 1 is 1.07 bits per heavy atom. The van der Waals surface area contributed by atoms with Crippen LogP contribution >= 0.6 is 24.0 Å². The van der Waals surface area contributed by atoms with Gasteiger partial charge < -0.3 is 15.5 Å². The summed E-state index contributed by atoms with van der Waals surface area (Å²) >= 11 is 0. The summed E-state index contributed by atoms with van der Waals surface area (Å²) in [5.74, 6) is 1.33. The normalized spacial score (nSPS) is 20.2. The molecule has 2 heterocycles.